The number of carbonyl (C=O) groups is 1. The number of ether oxygens (including phenoxy) is 1. The quantitative estimate of drug-likeness (QED) is 0.681. The minimum Gasteiger partial charge on any atom is -0.450 e. The molecule has 1 aliphatic rings. The first-order valence-electron chi connectivity index (χ1n) is 7.19. The lowest BCUT2D eigenvalue weighted by molar-refractivity contribution is 0.0983. The molecular weight excluding hydrogens is 306 g/mol. The molecule has 0 unspecified atom stereocenters. The topological polar surface area (TPSA) is 71.0 Å². The Hall–Kier alpha value is -2.04. The number of isocyanates is 1. The van der Waals surface area contributed by atoms with Crippen LogP contribution in [0.15, 0.2) is 23.2 Å². The zero-order chi connectivity index (χ0) is 15.9. The van der Waals surface area contributed by atoms with Gasteiger partial charge in [0, 0.05) is 24.2 Å². The third-order valence-electron chi connectivity index (χ3n) is 3.51. The maximum absolute atomic E-state index is 11.7. The molecule has 0 radical (unpaired) electrons. The number of rotatable bonds is 4. The Morgan fingerprint density at radius 3 is 2.86 bits per heavy atom. The normalized spacial score (nSPS) is 15.1. The molecule has 2 rings (SSSR count). The van der Waals surface area contributed by atoms with Crippen LogP contribution in [0.4, 0.5) is 16.2 Å². The Balaban J connectivity index is 1.96. The Morgan fingerprint density at radius 1 is 1.50 bits per heavy atom. The number of amides is 1. The monoisotopic (exact) mass is 323 g/mol. The van der Waals surface area contributed by atoms with Crippen LogP contribution in [0.3, 0.4) is 0 Å². The van der Waals surface area contributed by atoms with Gasteiger partial charge in [0.15, 0.2) is 0 Å². The van der Waals surface area contributed by atoms with E-state index in [-0.39, 0.29) is 12.1 Å². The van der Waals surface area contributed by atoms with Crippen molar-refractivity contribution in [2.75, 3.05) is 25.0 Å². The van der Waals surface area contributed by atoms with Crippen molar-refractivity contribution in [3.8, 4) is 0 Å². The number of hydrogen-bond acceptors (Lipinski definition) is 5. The van der Waals surface area contributed by atoms with Crippen LogP contribution in [-0.2, 0) is 9.53 Å². The van der Waals surface area contributed by atoms with Gasteiger partial charge in [-0.05, 0) is 38.0 Å². The second-order valence-corrected chi connectivity index (χ2v) is 5.41. The van der Waals surface area contributed by atoms with Crippen LogP contribution in [0.25, 0.3) is 0 Å². The number of carbonyl (C=O) groups excluding carboxylic acids is 2. The summed E-state index contributed by atoms with van der Waals surface area (Å²) >= 11 is 5.90. The molecule has 1 heterocycles. The number of likely N-dealkylation sites (tertiary alicyclic amines) is 1. The SMILES string of the molecule is CCOC(=O)N1CCC(Nc2ccc(Cl)cc2N=C=O)CC1. The van der Waals surface area contributed by atoms with E-state index in [9.17, 15) is 9.59 Å². The van der Waals surface area contributed by atoms with Crippen molar-refractivity contribution >= 4 is 35.1 Å². The molecule has 0 aliphatic carbocycles. The summed E-state index contributed by atoms with van der Waals surface area (Å²) in [4.78, 5) is 27.5. The molecule has 0 aromatic heterocycles. The Labute approximate surface area is 134 Å². The van der Waals surface area contributed by atoms with Gasteiger partial charge in [0.05, 0.1) is 12.3 Å². The minimum atomic E-state index is -0.265. The summed E-state index contributed by atoms with van der Waals surface area (Å²) in [5, 5.41) is 3.85. The molecule has 1 saturated heterocycles. The zero-order valence-corrected chi connectivity index (χ0v) is 13.1. The summed E-state index contributed by atoms with van der Waals surface area (Å²) in [6, 6.07) is 5.34. The highest BCUT2D eigenvalue weighted by atomic mass is 35.5. The van der Waals surface area contributed by atoms with Gasteiger partial charge in [-0.2, -0.15) is 4.99 Å². The van der Waals surface area contributed by atoms with Crippen LogP contribution in [-0.4, -0.2) is 42.8 Å². The van der Waals surface area contributed by atoms with Crippen LogP contribution in [0.2, 0.25) is 5.02 Å². The van der Waals surface area contributed by atoms with E-state index in [1.54, 1.807) is 30.0 Å². The smallest absolute Gasteiger partial charge is 0.409 e. The van der Waals surface area contributed by atoms with Gasteiger partial charge in [0.2, 0.25) is 6.08 Å². The molecule has 1 amide bonds. The second-order valence-electron chi connectivity index (χ2n) is 4.97. The number of nitrogens with zero attached hydrogens (tertiary/aromatic N) is 2. The molecule has 1 aromatic carbocycles. The number of nitrogens with one attached hydrogen (secondary N) is 1. The lowest BCUT2D eigenvalue weighted by Crippen LogP contribution is -2.42. The lowest BCUT2D eigenvalue weighted by atomic mass is 10.0. The van der Waals surface area contributed by atoms with Crippen molar-refractivity contribution in [1.29, 1.82) is 0 Å². The van der Waals surface area contributed by atoms with E-state index in [0.717, 1.165) is 18.5 Å². The number of hydrogen-bond donors (Lipinski definition) is 1. The molecule has 1 N–H and O–H groups in total. The molecule has 0 bridgehead atoms. The van der Waals surface area contributed by atoms with Crippen molar-refractivity contribution in [3.63, 3.8) is 0 Å². The number of anilines is 1. The molecule has 0 spiro atoms. The molecule has 1 aliphatic heterocycles. The van der Waals surface area contributed by atoms with Crippen LogP contribution < -0.4 is 5.32 Å². The van der Waals surface area contributed by atoms with Gasteiger partial charge in [-0.25, -0.2) is 9.59 Å². The van der Waals surface area contributed by atoms with E-state index in [4.69, 9.17) is 16.3 Å². The van der Waals surface area contributed by atoms with Crippen molar-refractivity contribution in [2.24, 2.45) is 4.99 Å². The van der Waals surface area contributed by atoms with E-state index >= 15 is 0 Å². The number of halogens is 1. The van der Waals surface area contributed by atoms with E-state index in [2.05, 4.69) is 10.3 Å². The molecule has 22 heavy (non-hydrogen) atoms. The lowest BCUT2D eigenvalue weighted by Gasteiger charge is -2.32. The molecular formula is C15H18ClN3O3. The van der Waals surface area contributed by atoms with E-state index < -0.39 is 0 Å². The van der Waals surface area contributed by atoms with Crippen LogP contribution in [0, 0.1) is 0 Å². The number of piperidine rings is 1. The van der Waals surface area contributed by atoms with Gasteiger partial charge in [-0.1, -0.05) is 11.6 Å². The fourth-order valence-electron chi connectivity index (χ4n) is 2.41. The predicted molar refractivity (Wildman–Crippen MR) is 84.5 cm³/mol. The van der Waals surface area contributed by atoms with E-state index in [0.29, 0.717) is 30.4 Å². The number of aliphatic imine (C=N–C) groups is 1. The highest BCUT2D eigenvalue weighted by molar-refractivity contribution is 6.31. The maximum Gasteiger partial charge on any atom is 0.409 e. The van der Waals surface area contributed by atoms with E-state index in [1.807, 2.05) is 0 Å². The van der Waals surface area contributed by atoms with Gasteiger partial charge in [0.25, 0.3) is 0 Å². The van der Waals surface area contributed by atoms with E-state index in [1.165, 1.54) is 6.08 Å². The van der Waals surface area contributed by atoms with Crippen molar-refractivity contribution < 1.29 is 14.3 Å². The summed E-state index contributed by atoms with van der Waals surface area (Å²) in [5.41, 5.74) is 1.21. The summed E-state index contributed by atoms with van der Waals surface area (Å²) in [7, 11) is 0. The highest BCUT2D eigenvalue weighted by Gasteiger charge is 2.23. The first-order chi connectivity index (χ1) is 10.6. The summed E-state index contributed by atoms with van der Waals surface area (Å²) in [5.74, 6) is 0. The predicted octanol–water partition coefficient (Wildman–Crippen LogP) is 3.34. The standard InChI is InChI=1S/C15H18ClN3O3/c1-2-22-15(21)19-7-5-12(6-8-19)18-13-4-3-11(16)9-14(13)17-10-20/h3-4,9,12,18H,2,5-8H2,1H3. The fourth-order valence-corrected chi connectivity index (χ4v) is 2.58. The Bertz CT molecular complexity index is 579. The first kappa shape index (κ1) is 16.3. The fraction of sp³-hybridized carbons (Fsp3) is 0.467. The second kappa shape index (κ2) is 7.82. The third kappa shape index (κ3) is 4.23. The Morgan fingerprint density at radius 2 is 2.23 bits per heavy atom. The molecule has 1 fully saturated rings. The molecule has 0 atom stereocenters. The van der Waals surface area contributed by atoms with Gasteiger partial charge >= 0.3 is 6.09 Å². The zero-order valence-electron chi connectivity index (χ0n) is 12.3. The van der Waals surface area contributed by atoms with Gasteiger partial charge < -0.3 is 15.0 Å². The average Bonchev–Trinajstić information content (AvgIpc) is 2.51. The van der Waals surface area contributed by atoms with Gasteiger partial charge in [0.1, 0.15) is 5.69 Å². The Kier molecular flexibility index (Phi) is 5.81. The third-order valence-corrected chi connectivity index (χ3v) is 3.74. The largest absolute Gasteiger partial charge is 0.450 e. The van der Waals surface area contributed by atoms with Crippen molar-refractivity contribution in [1.82, 2.24) is 4.90 Å². The molecule has 1 aromatic rings. The van der Waals surface area contributed by atoms with Crippen LogP contribution in [0.5, 0.6) is 0 Å². The highest BCUT2D eigenvalue weighted by Crippen LogP contribution is 2.30. The molecule has 118 valence electrons. The maximum atomic E-state index is 11.7. The van der Waals surface area contributed by atoms with Crippen molar-refractivity contribution in [2.45, 2.75) is 25.8 Å². The summed E-state index contributed by atoms with van der Waals surface area (Å²) in [6.45, 7) is 3.45. The molecule has 0 saturated carbocycles. The summed E-state index contributed by atoms with van der Waals surface area (Å²) in [6.07, 6.45) is 2.86. The van der Waals surface area contributed by atoms with Crippen molar-refractivity contribution in [3.05, 3.63) is 23.2 Å². The van der Waals surface area contributed by atoms with Crippen LogP contribution in [0.1, 0.15) is 19.8 Å². The van der Waals surface area contributed by atoms with Crippen LogP contribution >= 0.6 is 11.6 Å². The summed E-state index contributed by atoms with van der Waals surface area (Å²) < 4.78 is 4.99. The molecule has 6 nitrogen and oxygen atoms in total. The molecule has 7 heteroatoms. The van der Waals surface area contributed by atoms with Gasteiger partial charge in [-0.15, -0.1) is 0 Å². The first-order valence-corrected chi connectivity index (χ1v) is 7.57. The number of benzene rings is 1. The average molecular weight is 324 g/mol. The minimum absolute atomic E-state index is 0.201. The van der Waals surface area contributed by atoms with Gasteiger partial charge in [-0.3, -0.25) is 0 Å².